The molecule has 0 aliphatic carbocycles. The first-order valence-electron chi connectivity index (χ1n) is 5.88. The largest absolute Gasteiger partial charge is 0.457 e. The summed E-state index contributed by atoms with van der Waals surface area (Å²) in [5.74, 6) is 0.956. The van der Waals surface area contributed by atoms with Gasteiger partial charge in [0.2, 0.25) is 0 Å². The van der Waals surface area contributed by atoms with Gasteiger partial charge in [-0.3, -0.25) is 0 Å². The molecule has 2 aromatic rings. The van der Waals surface area contributed by atoms with Crippen molar-refractivity contribution in [2.75, 3.05) is 5.73 Å². The van der Waals surface area contributed by atoms with E-state index in [2.05, 4.69) is 6.58 Å². The van der Waals surface area contributed by atoms with Crippen LogP contribution < -0.4 is 10.5 Å². The molecule has 0 saturated carbocycles. The van der Waals surface area contributed by atoms with Crippen molar-refractivity contribution in [1.29, 1.82) is 0 Å². The molecule has 2 aromatic carbocycles. The summed E-state index contributed by atoms with van der Waals surface area (Å²) in [5.41, 5.74) is 9.17. The first kappa shape index (κ1) is 11.5. The van der Waals surface area contributed by atoms with Crippen LogP contribution in [0.4, 0.5) is 10.1 Å². The average Bonchev–Trinajstić information content (AvgIpc) is 2.38. The second-order valence-electron chi connectivity index (χ2n) is 4.39. The molecule has 1 aliphatic rings. The smallest absolute Gasteiger partial charge is 0.137 e. The number of rotatable bonds is 1. The van der Waals surface area contributed by atoms with Gasteiger partial charge >= 0.3 is 0 Å². The molecule has 2 N–H and O–H groups in total. The molecule has 0 radical (unpaired) electrons. The third-order valence-corrected chi connectivity index (χ3v) is 3.00. The number of nitrogen functional groups attached to an aromatic ring is 1. The summed E-state index contributed by atoms with van der Waals surface area (Å²) in [6.45, 7) is 3.82. The lowest BCUT2D eigenvalue weighted by Crippen LogP contribution is -2.04. The summed E-state index contributed by atoms with van der Waals surface area (Å²) < 4.78 is 18.6. The molecular weight excluding hydrogens is 241 g/mol. The number of benzene rings is 2. The van der Waals surface area contributed by atoms with Gasteiger partial charge in [-0.1, -0.05) is 18.7 Å². The van der Waals surface area contributed by atoms with Gasteiger partial charge in [-0.25, -0.2) is 4.39 Å². The van der Waals surface area contributed by atoms with E-state index in [-0.39, 0.29) is 5.82 Å². The predicted molar refractivity (Wildman–Crippen MR) is 74.1 cm³/mol. The lowest BCUT2D eigenvalue weighted by atomic mass is 9.94. The summed E-state index contributed by atoms with van der Waals surface area (Å²) in [5, 5.41) is 0. The Morgan fingerprint density at radius 2 is 1.79 bits per heavy atom. The fraction of sp³-hybridized carbons (Fsp3) is 0. The maximum absolute atomic E-state index is 13.0. The second-order valence-corrected chi connectivity index (χ2v) is 4.39. The lowest BCUT2D eigenvalue weighted by Gasteiger charge is -2.20. The van der Waals surface area contributed by atoms with Crippen LogP contribution in [0, 0.1) is 5.82 Å². The molecule has 19 heavy (non-hydrogen) atoms. The van der Waals surface area contributed by atoms with E-state index in [4.69, 9.17) is 10.5 Å². The third-order valence-electron chi connectivity index (χ3n) is 3.00. The maximum atomic E-state index is 13.0. The summed E-state index contributed by atoms with van der Waals surface area (Å²) in [6, 6.07) is 11.8. The van der Waals surface area contributed by atoms with Crippen LogP contribution in [0.1, 0.15) is 11.1 Å². The average molecular weight is 253 g/mol. The Labute approximate surface area is 110 Å². The zero-order valence-corrected chi connectivity index (χ0v) is 10.2. The van der Waals surface area contributed by atoms with E-state index in [1.165, 1.54) is 12.1 Å². The Hall–Kier alpha value is -2.55. The number of nitrogens with two attached hydrogens (primary N) is 1. The molecular formula is C16H12FNO. The summed E-state index contributed by atoms with van der Waals surface area (Å²) in [4.78, 5) is 0. The van der Waals surface area contributed by atoms with Crippen molar-refractivity contribution in [3.8, 4) is 5.75 Å². The monoisotopic (exact) mass is 253 g/mol. The molecule has 3 heteroatoms. The van der Waals surface area contributed by atoms with Crippen molar-refractivity contribution in [3.63, 3.8) is 0 Å². The van der Waals surface area contributed by atoms with Crippen LogP contribution in [0.5, 0.6) is 5.75 Å². The maximum Gasteiger partial charge on any atom is 0.137 e. The molecule has 0 bridgehead atoms. The minimum absolute atomic E-state index is 0.257. The van der Waals surface area contributed by atoms with E-state index in [1.54, 1.807) is 18.2 Å². The summed E-state index contributed by atoms with van der Waals surface area (Å²) in [6.07, 6.45) is 1.84. The predicted octanol–water partition coefficient (Wildman–Crippen LogP) is 3.75. The highest BCUT2D eigenvalue weighted by atomic mass is 19.1. The van der Waals surface area contributed by atoms with Crippen LogP contribution in [0.25, 0.3) is 5.57 Å². The standard InChI is InChI=1S/C16H12FNO/c1-10-8-15(11-2-4-12(17)5-3-11)14-7-6-13(18)9-16(14)19-10/h2-9H,1,18H2. The van der Waals surface area contributed by atoms with Crippen LogP contribution in [0.15, 0.2) is 60.9 Å². The SMILES string of the molecule is C=C1C=C(c2ccc(F)cc2)c2ccc(N)cc2O1. The Balaban J connectivity index is 2.15. The zero-order valence-electron chi connectivity index (χ0n) is 10.2. The molecule has 0 aromatic heterocycles. The number of halogens is 1. The molecule has 2 nitrogen and oxygen atoms in total. The molecule has 0 fully saturated rings. The minimum Gasteiger partial charge on any atom is -0.457 e. The molecule has 0 unspecified atom stereocenters. The highest BCUT2D eigenvalue weighted by Gasteiger charge is 2.17. The van der Waals surface area contributed by atoms with Gasteiger partial charge in [0.05, 0.1) is 0 Å². The molecule has 0 saturated heterocycles. The highest BCUT2D eigenvalue weighted by molar-refractivity contribution is 5.86. The molecule has 1 aliphatic heterocycles. The molecule has 0 atom stereocenters. The van der Waals surface area contributed by atoms with Crippen molar-refractivity contribution in [2.45, 2.75) is 0 Å². The van der Waals surface area contributed by atoms with Gasteiger partial charge in [0, 0.05) is 17.3 Å². The normalized spacial score (nSPS) is 13.5. The Bertz CT molecular complexity index is 686. The number of anilines is 1. The van der Waals surface area contributed by atoms with E-state index < -0.39 is 0 Å². The molecule has 3 rings (SSSR count). The van der Waals surface area contributed by atoms with Crippen molar-refractivity contribution in [2.24, 2.45) is 0 Å². The van der Waals surface area contributed by atoms with Gasteiger partial charge in [0.15, 0.2) is 0 Å². The van der Waals surface area contributed by atoms with Gasteiger partial charge in [-0.15, -0.1) is 0 Å². The van der Waals surface area contributed by atoms with Gasteiger partial charge < -0.3 is 10.5 Å². The van der Waals surface area contributed by atoms with Gasteiger partial charge in [-0.2, -0.15) is 0 Å². The van der Waals surface area contributed by atoms with Crippen molar-refractivity contribution >= 4 is 11.3 Å². The van der Waals surface area contributed by atoms with Crippen LogP contribution in [-0.2, 0) is 0 Å². The molecule has 0 amide bonds. The lowest BCUT2D eigenvalue weighted by molar-refractivity contribution is 0.441. The van der Waals surface area contributed by atoms with Crippen LogP contribution >= 0.6 is 0 Å². The van der Waals surface area contributed by atoms with Crippen molar-refractivity contribution in [3.05, 3.63) is 77.8 Å². The molecule has 1 heterocycles. The van der Waals surface area contributed by atoms with Crippen LogP contribution in [0.2, 0.25) is 0 Å². The van der Waals surface area contributed by atoms with E-state index in [9.17, 15) is 4.39 Å². The zero-order chi connectivity index (χ0) is 13.4. The fourth-order valence-electron chi connectivity index (χ4n) is 2.12. The Kier molecular flexibility index (Phi) is 2.60. The van der Waals surface area contributed by atoms with Crippen molar-refractivity contribution in [1.82, 2.24) is 0 Å². The molecule has 94 valence electrons. The first-order valence-corrected chi connectivity index (χ1v) is 5.88. The third kappa shape index (κ3) is 2.10. The van der Waals surface area contributed by atoms with Gasteiger partial charge in [0.1, 0.15) is 17.3 Å². The van der Waals surface area contributed by atoms with E-state index >= 15 is 0 Å². The minimum atomic E-state index is -0.257. The Morgan fingerprint density at radius 3 is 2.53 bits per heavy atom. The van der Waals surface area contributed by atoms with Gasteiger partial charge in [0.25, 0.3) is 0 Å². The molecule has 0 spiro atoms. The number of allylic oxidation sites excluding steroid dienone is 1. The van der Waals surface area contributed by atoms with E-state index in [0.29, 0.717) is 17.2 Å². The first-order chi connectivity index (χ1) is 9.13. The summed E-state index contributed by atoms with van der Waals surface area (Å²) >= 11 is 0. The van der Waals surface area contributed by atoms with Crippen LogP contribution in [-0.4, -0.2) is 0 Å². The second kappa shape index (κ2) is 4.28. The highest BCUT2D eigenvalue weighted by Crippen LogP contribution is 2.37. The summed E-state index contributed by atoms with van der Waals surface area (Å²) in [7, 11) is 0. The van der Waals surface area contributed by atoms with Crippen LogP contribution in [0.3, 0.4) is 0 Å². The number of ether oxygens (including phenoxy) is 1. The van der Waals surface area contributed by atoms with Gasteiger partial charge in [-0.05, 0) is 41.5 Å². The van der Waals surface area contributed by atoms with Crippen molar-refractivity contribution < 1.29 is 9.13 Å². The van der Waals surface area contributed by atoms with E-state index in [0.717, 1.165) is 16.7 Å². The fourth-order valence-corrected chi connectivity index (χ4v) is 2.12. The number of hydrogen-bond donors (Lipinski definition) is 1. The van der Waals surface area contributed by atoms with E-state index in [1.807, 2.05) is 18.2 Å². The topological polar surface area (TPSA) is 35.2 Å². The number of fused-ring (bicyclic) bond motifs is 1. The quantitative estimate of drug-likeness (QED) is 0.786. The Morgan fingerprint density at radius 1 is 1.05 bits per heavy atom. The number of hydrogen-bond acceptors (Lipinski definition) is 2.